The van der Waals surface area contributed by atoms with E-state index >= 15 is 0 Å². The maximum absolute atomic E-state index is 5.90. The molecule has 2 atom stereocenters. The number of nitrogen functional groups attached to an aromatic ring is 1. The molecule has 2 heterocycles. The van der Waals surface area contributed by atoms with Gasteiger partial charge in [-0.05, 0) is 38.2 Å². The van der Waals surface area contributed by atoms with E-state index in [2.05, 4.69) is 30.3 Å². The summed E-state index contributed by atoms with van der Waals surface area (Å²) in [6, 6.07) is 2.07. The second-order valence-corrected chi connectivity index (χ2v) is 7.25. The summed E-state index contributed by atoms with van der Waals surface area (Å²) < 4.78 is 5.90. The third-order valence-electron chi connectivity index (χ3n) is 4.41. The first-order valence-corrected chi connectivity index (χ1v) is 8.20. The minimum atomic E-state index is -0.380. The van der Waals surface area contributed by atoms with Crippen molar-refractivity contribution in [2.24, 2.45) is 11.8 Å². The van der Waals surface area contributed by atoms with Crippen molar-refractivity contribution in [2.75, 3.05) is 12.5 Å². The SMILES string of the molecule is COC1(c2nc(NN)c3cc(C)sc3n2)CCCC(C)C1. The van der Waals surface area contributed by atoms with Gasteiger partial charge in [0.2, 0.25) is 0 Å². The van der Waals surface area contributed by atoms with Gasteiger partial charge < -0.3 is 10.2 Å². The Kier molecular flexibility index (Phi) is 3.86. The summed E-state index contributed by atoms with van der Waals surface area (Å²) in [4.78, 5) is 11.6. The Balaban J connectivity index is 2.13. The summed E-state index contributed by atoms with van der Waals surface area (Å²) in [6.45, 7) is 4.34. The van der Waals surface area contributed by atoms with Crippen molar-refractivity contribution in [3.05, 3.63) is 16.8 Å². The van der Waals surface area contributed by atoms with Crippen molar-refractivity contribution in [1.82, 2.24) is 9.97 Å². The standard InChI is InChI=1S/C15H22N4OS/c1-9-5-4-6-15(8-9,20-3)14-17-12(19-16)11-7-10(2)21-13(11)18-14/h7,9H,4-6,8,16H2,1-3H3,(H,17,18,19). The van der Waals surface area contributed by atoms with Crippen molar-refractivity contribution in [2.45, 2.75) is 45.1 Å². The van der Waals surface area contributed by atoms with Crippen LogP contribution in [0.3, 0.4) is 0 Å². The lowest BCUT2D eigenvalue weighted by molar-refractivity contribution is -0.0642. The highest BCUT2D eigenvalue weighted by molar-refractivity contribution is 7.18. The first-order valence-electron chi connectivity index (χ1n) is 7.38. The van der Waals surface area contributed by atoms with Crippen LogP contribution in [0.15, 0.2) is 6.07 Å². The molecular weight excluding hydrogens is 284 g/mol. The number of thiophene rings is 1. The van der Waals surface area contributed by atoms with Crippen LogP contribution in [-0.4, -0.2) is 17.1 Å². The number of aromatic nitrogens is 2. The van der Waals surface area contributed by atoms with Crippen LogP contribution < -0.4 is 11.3 Å². The van der Waals surface area contributed by atoms with Gasteiger partial charge in [-0.25, -0.2) is 15.8 Å². The molecule has 1 fully saturated rings. The molecule has 1 aliphatic rings. The van der Waals surface area contributed by atoms with Gasteiger partial charge in [0.05, 0.1) is 5.39 Å². The van der Waals surface area contributed by atoms with E-state index < -0.39 is 0 Å². The highest BCUT2D eigenvalue weighted by Crippen LogP contribution is 2.42. The van der Waals surface area contributed by atoms with E-state index in [0.29, 0.717) is 11.7 Å². The molecule has 0 amide bonds. The average Bonchev–Trinajstić information content (AvgIpc) is 2.86. The molecule has 2 unspecified atom stereocenters. The number of methoxy groups -OCH3 is 1. The van der Waals surface area contributed by atoms with Crippen LogP contribution in [0.5, 0.6) is 0 Å². The predicted octanol–water partition coefficient (Wildman–Crippen LogP) is 3.34. The number of ether oxygens (including phenoxy) is 1. The third-order valence-corrected chi connectivity index (χ3v) is 5.35. The Hall–Kier alpha value is -1.24. The zero-order chi connectivity index (χ0) is 15.0. The number of nitrogens with two attached hydrogens (primary N) is 1. The molecule has 0 spiro atoms. The number of anilines is 1. The fourth-order valence-electron chi connectivity index (χ4n) is 3.34. The second kappa shape index (κ2) is 5.51. The number of rotatable bonds is 3. The Bertz CT molecular complexity index is 656. The Morgan fingerprint density at radius 1 is 1.48 bits per heavy atom. The van der Waals surface area contributed by atoms with E-state index in [1.54, 1.807) is 18.4 Å². The van der Waals surface area contributed by atoms with E-state index in [-0.39, 0.29) is 5.60 Å². The molecule has 0 bridgehead atoms. The first-order chi connectivity index (χ1) is 10.1. The van der Waals surface area contributed by atoms with Crippen molar-refractivity contribution in [3.8, 4) is 0 Å². The molecule has 1 saturated carbocycles. The maximum atomic E-state index is 5.90. The van der Waals surface area contributed by atoms with Gasteiger partial charge in [0.1, 0.15) is 10.4 Å². The summed E-state index contributed by atoms with van der Waals surface area (Å²) in [5.74, 6) is 7.73. The minimum absolute atomic E-state index is 0.380. The van der Waals surface area contributed by atoms with Crippen LogP contribution in [0.2, 0.25) is 0 Å². The van der Waals surface area contributed by atoms with Gasteiger partial charge in [0, 0.05) is 12.0 Å². The fourth-order valence-corrected chi connectivity index (χ4v) is 4.22. The molecule has 6 heteroatoms. The van der Waals surface area contributed by atoms with Gasteiger partial charge in [-0.3, -0.25) is 0 Å². The molecule has 114 valence electrons. The van der Waals surface area contributed by atoms with Crippen molar-refractivity contribution >= 4 is 27.4 Å². The first kappa shape index (κ1) is 14.7. The number of hydrogen-bond acceptors (Lipinski definition) is 6. The molecule has 0 aromatic carbocycles. The summed E-state index contributed by atoms with van der Waals surface area (Å²) >= 11 is 1.67. The summed E-state index contributed by atoms with van der Waals surface area (Å²) in [5.41, 5.74) is 2.34. The summed E-state index contributed by atoms with van der Waals surface area (Å²) in [6.07, 6.45) is 4.32. The van der Waals surface area contributed by atoms with Crippen LogP contribution in [-0.2, 0) is 10.3 Å². The molecule has 3 N–H and O–H groups in total. The van der Waals surface area contributed by atoms with Crippen LogP contribution >= 0.6 is 11.3 Å². The topological polar surface area (TPSA) is 73.1 Å². The van der Waals surface area contributed by atoms with Gasteiger partial charge in [0.15, 0.2) is 11.6 Å². The number of hydrogen-bond donors (Lipinski definition) is 2. The average molecular weight is 306 g/mol. The van der Waals surface area contributed by atoms with Gasteiger partial charge in [-0.2, -0.15) is 0 Å². The number of fused-ring (bicyclic) bond motifs is 1. The van der Waals surface area contributed by atoms with Crippen molar-refractivity contribution in [3.63, 3.8) is 0 Å². The highest BCUT2D eigenvalue weighted by atomic mass is 32.1. The van der Waals surface area contributed by atoms with E-state index in [1.165, 1.54) is 11.3 Å². The normalized spacial score (nSPS) is 26.2. The number of hydrazine groups is 1. The monoisotopic (exact) mass is 306 g/mol. The summed E-state index contributed by atoms with van der Waals surface area (Å²) in [7, 11) is 1.76. The van der Waals surface area contributed by atoms with Crippen molar-refractivity contribution < 1.29 is 4.74 Å². The lowest BCUT2D eigenvalue weighted by Gasteiger charge is -2.37. The quantitative estimate of drug-likeness (QED) is 0.672. The highest BCUT2D eigenvalue weighted by Gasteiger charge is 2.40. The molecule has 0 radical (unpaired) electrons. The Morgan fingerprint density at radius 3 is 2.95 bits per heavy atom. The molecule has 5 nitrogen and oxygen atoms in total. The van der Waals surface area contributed by atoms with Crippen LogP contribution in [0, 0.1) is 12.8 Å². The minimum Gasteiger partial charge on any atom is -0.370 e. The molecule has 0 saturated heterocycles. The van der Waals surface area contributed by atoms with E-state index in [9.17, 15) is 0 Å². The van der Waals surface area contributed by atoms with Crippen molar-refractivity contribution in [1.29, 1.82) is 0 Å². The predicted molar refractivity (Wildman–Crippen MR) is 86.3 cm³/mol. The number of nitrogens with one attached hydrogen (secondary N) is 1. The Morgan fingerprint density at radius 2 is 2.29 bits per heavy atom. The van der Waals surface area contributed by atoms with E-state index in [0.717, 1.165) is 35.3 Å². The second-order valence-electron chi connectivity index (χ2n) is 6.02. The summed E-state index contributed by atoms with van der Waals surface area (Å²) in [5, 5.41) is 0.985. The largest absolute Gasteiger partial charge is 0.370 e. The molecule has 2 aromatic rings. The molecule has 1 aliphatic carbocycles. The van der Waals surface area contributed by atoms with Gasteiger partial charge in [0.25, 0.3) is 0 Å². The zero-order valence-corrected chi connectivity index (χ0v) is 13.6. The van der Waals surface area contributed by atoms with Crippen LogP contribution in [0.25, 0.3) is 10.2 Å². The third kappa shape index (κ3) is 2.52. The molecule has 3 rings (SSSR count). The van der Waals surface area contributed by atoms with Crippen LogP contribution in [0.1, 0.15) is 43.3 Å². The van der Waals surface area contributed by atoms with Gasteiger partial charge >= 0.3 is 0 Å². The number of aryl methyl sites for hydroxylation is 1. The molecule has 2 aromatic heterocycles. The molecule has 21 heavy (non-hydrogen) atoms. The van der Waals surface area contributed by atoms with Crippen LogP contribution in [0.4, 0.5) is 5.82 Å². The fraction of sp³-hybridized carbons (Fsp3) is 0.600. The molecule has 0 aliphatic heterocycles. The molecular formula is C15H22N4OS. The smallest absolute Gasteiger partial charge is 0.164 e. The van der Waals surface area contributed by atoms with Gasteiger partial charge in [-0.15, -0.1) is 11.3 Å². The Labute approximate surface area is 128 Å². The van der Waals surface area contributed by atoms with E-state index in [1.807, 2.05) is 0 Å². The lowest BCUT2D eigenvalue weighted by Crippen LogP contribution is -2.36. The maximum Gasteiger partial charge on any atom is 0.164 e. The number of nitrogens with zero attached hydrogens (tertiary/aromatic N) is 2. The van der Waals surface area contributed by atoms with E-state index in [4.69, 9.17) is 15.6 Å². The lowest BCUT2D eigenvalue weighted by atomic mass is 9.78. The zero-order valence-electron chi connectivity index (χ0n) is 12.8. The van der Waals surface area contributed by atoms with Gasteiger partial charge in [-0.1, -0.05) is 13.3 Å².